The Morgan fingerprint density at radius 3 is 1.81 bits per heavy atom. The molecule has 0 aliphatic carbocycles. The van der Waals surface area contributed by atoms with Crippen LogP contribution in [-0.2, 0) is 0 Å². The van der Waals surface area contributed by atoms with Gasteiger partial charge in [-0.2, -0.15) is 0 Å². The summed E-state index contributed by atoms with van der Waals surface area (Å²) in [4.78, 5) is 0. The zero-order chi connectivity index (χ0) is 11.8. The zero-order valence-electron chi connectivity index (χ0n) is 9.26. The Morgan fingerprint density at radius 1 is 0.812 bits per heavy atom. The van der Waals surface area contributed by atoms with Gasteiger partial charge in [0, 0.05) is 17.4 Å². The van der Waals surface area contributed by atoms with E-state index in [1.807, 2.05) is 48.5 Å². The quantitative estimate of drug-likeness (QED) is 0.720. The van der Waals surface area contributed by atoms with E-state index in [1.165, 1.54) is 0 Å². The first-order chi connectivity index (χ1) is 7.72. The van der Waals surface area contributed by atoms with Crippen LogP contribution in [0.25, 0.3) is 0 Å². The number of hydrogen-bond acceptors (Lipinski definition) is 3. The zero-order valence-corrected chi connectivity index (χ0v) is 9.26. The maximum atomic E-state index is 5.45. The van der Waals surface area contributed by atoms with E-state index in [-0.39, 0.29) is 0 Å². The van der Waals surface area contributed by atoms with Crippen molar-refractivity contribution in [2.45, 2.75) is 0 Å². The standard InChI is InChI=1S/C7H9NO.C6H7N/c1-9-7-4-2-3-6(8)5-7;7-6-4-2-1-3-5-6/h2-5H,8H2,1H3;1-5H,7H2. The molecule has 2 aromatic carbocycles. The topological polar surface area (TPSA) is 61.3 Å². The molecule has 2 rings (SSSR count). The van der Waals surface area contributed by atoms with Crippen LogP contribution < -0.4 is 16.2 Å². The van der Waals surface area contributed by atoms with Crippen LogP contribution in [0.15, 0.2) is 54.6 Å². The molecule has 0 aromatic heterocycles. The molecule has 4 N–H and O–H groups in total. The smallest absolute Gasteiger partial charge is 0.120 e. The van der Waals surface area contributed by atoms with Crippen molar-refractivity contribution in [1.29, 1.82) is 0 Å². The number of benzene rings is 2. The third-order valence-electron chi connectivity index (χ3n) is 1.89. The second-order valence-corrected chi connectivity index (χ2v) is 3.19. The Kier molecular flexibility index (Phi) is 4.73. The highest BCUT2D eigenvalue weighted by Gasteiger charge is 1.87. The van der Waals surface area contributed by atoms with Crippen molar-refractivity contribution in [1.82, 2.24) is 0 Å². The Balaban J connectivity index is 0.000000165. The third kappa shape index (κ3) is 4.37. The molecule has 0 fully saturated rings. The van der Waals surface area contributed by atoms with E-state index in [0.29, 0.717) is 0 Å². The van der Waals surface area contributed by atoms with E-state index < -0.39 is 0 Å². The van der Waals surface area contributed by atoms with Crippen molar-refractivity contribution in [2.75, 3.05) is 18.6 Å². The van der Waals surface area contributed by atoms with Crippen LogP contribution in [0.2, 0.25) is 0 Å². The van der Waals surface area contributed by atoms with Crippen molar-refractivity contribution < 1.29 is 4.74 Å². The summed E-state index contributed by atoms with van der Waals surface area (Å²) >= 11 is 0. The molecule has 0 aliphatic rings. The second-order valence-electron chi connectivity index (χ2n) is 3.19. The van der Waals surface area contributed by atoms with Crippen molar-refractivity contribution in [3.63, 3.8) is 0 Å². The number of nitrogen functional groups attached to an aromatic ring is 2. The first-order valence-electron chi connectivity index (χ1n) is 4.92. The highest BCUT2D eigenvalue weighted by molar-refractivity contribution is 5.43. The minimum atomic E-state index is 0.731. The van der Waals surface area contributed by atoms with Gasteiger partial charge in [-0.15, -0.1) is 0 Å². The molecule has 2 aromatic rings. The summed E-state index contributed by atoms with van der Waals surface area (Å²) in [5.41, 5.74) is 12.4. The molecule has 0 saturated heterocycles. The number of anilines is 2. The van der Waals surface area contributed by atoms with E-state index in [4.69, 9.17) is 16.2 Å². The van der Waals surface area contributed by atoms with Gasteiger partial charge in [0.15, 0.2) is 0 Å². The lowest BCUT2D eigenvalue weighted by Gasteiger charge is -1.97. The Bertz CT molecular complexity index is 415. The summed E-state index contributed by atoms with van der Waals surface area (Å²) in [7, 11) is 1.62. The lowest BCUT2D eigenvalue weighted by atomic mass is 10.3. The SMILES string of the molecule is COc1cccc(N)c1.Nc1ccccc1. The normalized spacial score (nSPS) is 8.81. The van der Waals surface area contributed by atoms with E-state index in [2.05, 4.69) is 0 Å². The van der Waals surface area contributed by atoms with Crippen LogP contribution in [0.3, 0.4) is 0 Å². The fourth-order valence-electron chi connectivity index (χ4n) is 1.09. The fraction of sp³-hybridized carbons (Fsp3) is 0.0769. The molecular weight excluding hydrogens is 200 g/mol. The number of para-hydroxylation sites is 1. The number of methoxy groups -OCH3 is 1. The first kappa shape index (κ1) is 11.9. The molecule has 0 aliphatic heterocycles. The van der Waals surface area contributed by atoms with Crippen LogP contribution >= 0.6 is 0 Å². The van der Waals surface area contributed by atoms with Gasteiger partial charge < -0.3 is 16.2 Å². The fourth-order valence-corrected chi connectivity index (χ4v) is 1.09. The van der Waals surface area contributed by atoms with Gasteiger partial charge in [-0.3, -0.25) is 0 Å². The van der Waals surface area contributed by atoms with Crippen LogP contribution in [-0.4, -0.2) is 7.11 Å². The molecule has 0 heterocycles. The number of rotatable bonds is 1. The van der Waals surface area contributed by atoms with Gasteiger partial charge in [-0.05, 0) is 24.3 Å². The predicted octanol–water partition coefficient (Wildman–Crippen LogP) is 2.55. The highest BCUT2D eigenvalue weighted by Crippen LogP contribution is 2.12. The monoisotopic (exact) mass is 216 g/mol. The molecule has 3 nitrogen and oxygen atoms in total. The molecule has 0 amide bonds. The van der Waals surface area contributed by atoms with Crippen molar-refractivity contribution in [2.24, 2.45) is 0 Å². The summed E-state index contributed by atoms with van der Waals surface area (Å²) in [6.07, 6.45) is 0. The Labute approximate surface area is 95.7 Å². The molecule has 84 valence electrons. The van der Waals surface area contributed by atoms with Crippen LogP contribution in [0.1, 0.15) is 0 Å². The molecule has 16 heavy (non-hydrogen) atoms. The van der Waals surface area contributed by atoms with Gasteiger partial charge in [0.1, 0.15) is 5.75 Å². The summed E-state index contributed by atoms with van der Waals surface area (Å²) in [5, 5.41) is 0. The van der Waals surface area contributed by atoms with Gasteiger partial charge in [-0.1, -0.05) is 24.3 Å². The minimum Gasteiger partial charge on any atom is -0.497 e. The molecule has 0 atom stereocenters. The van der Waals surface area contributed by atoms with Gasteiger partial charge in [-0.25, -0.2) is 0 Å². The van der Waals surface area contributed by atoms with Gasteiger partial charge in [0.25, 0.3) is 0 Å². The average Bonchev–Trinajstić information content (AvgIpc) is 2.31. The number of ether oxygens (including phenoxy) is 1. The summed E-state index contributed by atoms with van der Waals surface area (Å²) in [5.74, 6) is 0.801. The van der Waals surface area contributed by atoms with Crippen LogP contribution in [0.5, 0.6) is 5.75 Å². The highest BCUT2D eigenvalue weighted by atomic mass is 16.5. The average molecular weight is 216 g/mol. The second kappa shape index (κ2) is 6.35. The first-order valence-corrected chi connectivity index (χ1v) is 4.92. The van der Waals surface area contributed by atoms with Gasteiger partial charge in [0.05, 0.1) is 7.11 Å². The Morgan fingerprint density at radius 2 is 1.44 bits per heavy atom. The van der Waals surface area contributed by atoms with Crippen LogP contribution in [0.4, 0.5) is 11.4 Å². The van der Waals surface area contributed by atoms with E-state index >= 15 is 0 Å². The Hall–Kier alpha value is -2.16. The lowest BCUT2D eigenvalue weighted by molar-refractivity contribution is 0.415. The lowest BCUT2D eigenvalue weighted by Crippen LogP contribution is -1.86. The largest absolute Gasteiger partial charge is 0.497 e. The summed E-state index contributed by atoms with van der Waals surface area (Å²) < 4.78 is 4.92. The number of hydrogen-bond donors (Lipinski definition) is 2. The molecule has 0 bridgehead atoms. The maximum absolute atomic E-state index is 5.45. The molecule has 0 spiro atoms. The van der Waals surface area contributed by atoms with Crippen molar-refractivity contribution in [3.8, 4) is 5.75 Å². The van der Waals surface area contributed by atoms with Crippen molar-refractivity contribution in [3.05, 3.63) is 54.6 Å². The van der Waals surface area contributed by atoms with Gasteiger partial charge in [0.2, 0.25) is 0 Å². The molecule has 0 radical (unpaired) electrons. The third-order valence-corrected chi connectivity index (χ3v) is 1.89. The molecule has 0 unspecified atom stereocenters. The van der Waals surface area contributed by atoms with E-state index in [9.17, 15) is 0 Å². The molecule has 0 saturated carbocycles. The summed E-state index contributed by atoms with van der Waals surface area (Å²) in [6, 6.07) is 16.8. The maximum Gasteiger partial charge on any atom is 0.120 e. The van der Waals surface area contributed by atoms with E-state index in [0.717, 1.165) is 17.1 Å². The molecular formula is C13H16N2O. The van der Waals surface area contributed by atoms with Gasteiger partial charge >= 0.3 is 0 Å². The van der Waals surface area contributed by atoms with Crippen molar-refractivity contribution >= 4 is 11.4 Å². The minimum absolute atomic E-state index is 0.731. The van der Waals surface area contributed by atoms with E-state index in [1.54, 1.807) is 13.2 Å². The predicted molar refractivity (Wildman–Crippen MR) is 68.3 cm³/mol. The molecule has 3 heteroatoms. The number of nitrogens with two attached hydrogens (primary N) is 2. The van der Waals surface area contributed by atoms with Crippen LogP contribution in [0, 0.1) is 0 Å². The summed E-state index contributed by atoms with van der Waals surface area (Å²) in [6.45, 7) is 0.